The largest absolute Gasteiger partial charge is 0.534 e. The maximum absolute atomic E-state index is 12.5. The molecule has 1 aromatic carbocycles. The minimum absolute atomic E-state index is 0.0750. The van der Waals surface area contributed by atoms with Crippen molar-refractivity contribution in [1.29, 1.82) is 0 Å². The Morgan fingerprint density at radius 1 is 0.741 bits per heavy atom. The van der Waals surface area contributed by atoms with Crippen LogP contribution in [0.2, 0.25) is 0 Å². The molecule has 1 aromatic rings. The number of alkyl halides is 6. The summed E-state index contributed by atoms with van der Waals surface area (Å²) in [6.45, 7) is 0. The highest BCUT2D eigenvalue weighted by molar-refractivity contribution is 7.88. The van der Waals surface area contributed by atoms with Crippen LogP contribution in [-0.2, 0) is 20.2 Å². The third-order valence-corrected chi connectivity index (χ3v) is 6.35. The summed E-state index contributed by atoms with van der Waals surface area (Å²) >= 11 is 0. The predicted octanol–water partition coefficient (Wildman–Crippen LogP) is 3.51. The normalized spacial score (nSPS) is 22.6. The van der Waals surface area contributed by atoms with E-state index in [1.807, 2.05) is 0 Å². The Morgan fingerprint density at radius 3 is 1.37 bits per heavy atom. The molecule has 0 amide bonds. The predicted molar refractivity (Wildman–Crippen MR) is 77.0 cm³/mol. The Bertz CT molecular complexity index is 901. The molecule has 0 aromatic heterocycles. The highest BCUT2D eigenvalue weighted by Gasteiger charge is 2.52. The lowest BCUT2D eigenvalue weighted by Gasteiger charge is -2.22. The molecule has 2 bridgehead atoms. The van der Waals surface area contributed by atoms with E-state index in [0.29, 0.717) is 31.4 Å². The fourth-order valence-corrected chi connectivity index (χ4v) is 4.37. The van der Waals surface area contributed by atoms with Crippen LogP contribution in [0.3, 0.4) is 0 Å². The van der Waals surface area contributed by atoms with Gasteiger partial charge in [-0.3, -0.25) is 0 Å². The van der Waals surface area contributed by atoms with Crippen molar-refractivity contribution in [3.63, 3.8) is 0 Å². The first-order valence-corrected chi connectivity index (χ1v) is 10.1. The van der Waals surface area contributed by atoms with Gasteiger partial charge in [-0.2, -0.15) is 43.2 Å². The van der Waals surface area contributed by atoms with Gasteiger partial charge >= 0.3 is 31.3 Å². The van der Waals surface area contributed by atoms with Crippen molar-refractivity contribution in [3.8, 4) is 11.5 Å². The van der Waals surface area contributed by atoms with Crippen molar-refractivity contribution >= 4 is 20.2 Å². The molecule has 2 aliphatic carbocycles. The van der Waals surface area contributed by atoms with Gasteiger partial charge in [-0.25, -0.2) is 0 Å². The van der Waals surface area contributed by atoms with Crippen LogP contribution in [0.4, 0.5) is 26.3 Å². The average molecular weight is 440 g/mol. The second-order valence-corrected chi connectivity index (χ2v) is 9.14. The monoisotopic (exact) mass is 440 g/mol. The molecule has 1 fully saturated rings. The molecule has 27 heavy (non-hydrogen) atoms. The van der Waals surface area contributed by atoms with E-state index < -0.39 is 54.6 Å². The van der Waals surface area contributed by atoms with Gasteiger partial charge in [-0.05, 0) is 43.2 Å². The topological polar surface area (TPSA) is 86.7 Å². The molecule has 0 saturated heterocycles. The molecule has 14 heteroatoms. The first kappa shape index (κ1) is 20.0. The summed E-state index contributed by atoms with van der Waals surface area (Å²) in [6, 6.07) is 1.31. The summed E-state index contributed by atoms with van der Waals surface area (Å²) in [5.41, 5.74) is -11.6. The van der Waals surface area contributed by atoms with Gasteiger partial charge < -0.3 is 8.37 Å². The van der Waals surface area contributed by atoms with Crippen molar-refractivity contribution in [3.05, 3.63) is 23.3 Å². The average Bonchev–Trinajstić information content (AvgIpc) is 3.08. The van der Waals surface area contributed by atoms with Crippen molar-refractivity contribution in [2.45, 2.75) is 42.1 Å². The van der Waals surface area contributed by atoms with Gasteiger partial charge in [0.2, 0.25) is 0 Å². The van der Waals surface area contributed by atoms with Gasteiger partial charge in [0.25, 0.3) is 0 Å². The van der Waals surface area contributed by atoms with E-state index in [-0.39, 0.29) is 11.1 Å². The van der Waals surface area contributed by atoms with E-state index in [0.717, 1.165) is 0 Å². The zero-order valence-corrected chi connectivity index (χ0v) is 14.6. The van der Waals surface area contributed by atoms with Gasteiger partial charge in [0.05, 0.1) is 0 Å². The Labute approximate surface area is 149 Å². The summed E-state index contributed by atoms with van der Waals surface area (Å²) in [5.74, 6) is -2.35. The summed E-state index contributed by atoms with van der Waals surface area (Å²) in [4.78, 5) is 0. The van der Waals surface area contributed by atoms with E-state index >= 15 is 0 Å². The Morgan fingerprint density at radius 2 is 1.07 bits per heavy atom. The molecule has 1 saturated carbocycles. The molecule has 0 N–H and O–H groups in total. The number of hydrogen-bond acceptors (Lipinski definition) is 6. The number of benzene rings is 1. The van der Waals surface area contributed by atoms with Gasteiger partial charge in [0.1, 0.15) is 11.5 Å². The van der Waals surface area contributed by atoms with E-state index in [2.05, 4.69) is 8.37 Å². The lowest BCUT2D eigenvalue weighted by atomic mass is 9.90. The molecule has 0 heterocycles. The quantitative estimate of drug-likeness (QED) is 0.405. The molecule has 0 radical (unpaired) electrons. The number of rotatable bonds is 4. The van der Waals surface area contributed by atoms with Crippen LogP contribution in [0.15, 0.2) is 12.1 Å². The molecular weight excluding hydrogens is 430 g/mol. The zero-order valence-electron chi connectivity index (χ0n) is 13.0. The summed E-state index contributed by atoms with van der Waals surface area (Å²) < 4.78 is 129. The lowest BCUT2D eigenvalue weighted by Crippen LogP contribution is -2.29. The van der Waals surface area contributed by atoms with E-state index in [9.17, 15) is 43.2 Å². The van der Waals surface area contributed by atoms with Gasteiger partial charge in [0, 0.05) is 11.1 Å². The third-order valence-electron chi connectivity index (χ3n) is 4.42. The maximum atomic E-state index is 12.5. The standard InChI is InChI=1S/C13H10F6O6S2/c14-12(15,16)26(20,21)24-8-3-4-9(25-27(22,23)13(17,18)19)11-7-2-1-6(5-7)10(8)11/h3-4,6-7H,1-2,5H2. The molecule has 152 valence electrons. The summed E-state index contributed by atoms with van der Waals surface area (Å²) in [7, 11) is -12.0. The summed E-state index contributed by atoms with van der Waals surface area (Å²) in [6.07, 6.45) is 1.19. The van der Waals surface area contributed by atoms with E-state index in [4.69, 9.17) is 0 Å². The zero-order chi connectivity index (χ0) is 20.4. The number of hydrogen-bond donors (Lipinski definition) is 0. The van der Waals surface area contributed by atoms with Crippen LogP contribution in [0.1, 0.15) is 42.2 Å². The van der Waals surface area contributed by atoms with E-state index in [1.165, 1.54) is 0 Å². The second kappa shape index (κ2) is 5.90. The third kappa shape index (κ3) is 3.32. The molecular formula is C13H10F6O6S2. The fraction of sp³-hybridized carbons (Fsp3) is 0.538. The first-order valence-electron chi connectivity index (χ1n) is 7.32. The first-order chi connectivity index (χ1) is 12.1. The van der Waals surface area contributed by atoms with Gasteiger partial charge in [0.15, 0.2) is 0 Å². The SMILES string of the molecule is O=S(=O)(Oc1ccc(OS(=O)(=O)C(F)(F)F)c2c1C1CCC2C1)C(F)(F)F. The second-order valence-electron chi connectivity index (χ2n) is 6.06. The number of halogens is 6. The van der Waals surface area contributed by atoms with Crippen molar-refractivity contribution in [1.82, 2.24) is 0 Å². The van der Waals surface area contributed by atoms with Crippen molar-refractivity contribution in [2.75, 3.05) is 0 Å². The van der Waals surface area contributed by atoms with Crippen LogP contribution in [0.25, 0.3) is 0 Å². The minimum atomic E-state index is -6.00. The number of fused-ring (bicyclic) bond motifs is 5. The molecule has 0 aliphatic heterocycles. The van der Waals surface area contributed by atoms with Crippen molar-refractivity contribution in [2.24, 2.45) is 0 Å². The molecule has 6 nitrogen and oxygen atoms in total. The molecule has 2 aliphatic rings. The molecule has 0 spiro atoms. The lowest BCUT2D eigenvalue weighted by molar-refractivity contribution is -0.0506. The Kier molecular flexibility index (Phi) is 4.38. The summed E-state index contributed by atoms with van der Waals surface area (Å²) in [5, 5.41) is 0. The molecule has 3 rings (SSSR count). The fourth-order valence-electron chi connectivity index (χ4n) is 3.42. The highest BCUT2D eigenvalue weighted by Crippen LogP contribution is 2.59. The van der Waals surface area contributed by atoms with E-state index in [1.54, 1.807) is 0 Å². The molecule has 2 atom stereocenters. The maximum Gasteiger partial charge on any atom is 0.534 e. The minimum Gasteiger partial charge on any atom is -0.376 e. The van der Waals surface area contributed by atoms with Crippen LogP contribution >= 0.6 is 0 Å². The Hall–Kier alpha value is -1.70. The van der Waals surface area contributed by atoms with Crippen LogP contribution in [0.5, 0.6) is 11.5 Å². The molecule has 2 unspecified atom stereocenters. The van der Waals surface area contributed by atoms with Gasteiger partial charge in [-0.15, -0.1) is 0 Å². The van der Waals surface area contributed by atoms with Crippen molar-refractivity contribution < 1.29 is 51.5 Å². The Balaban J connectivity index is 2.07. The van der Waals surface area contributed by atoms with Crippen LogP contribution in [0, 0.1) is 0 Å². The van der Waals surface area contributed by atoms with Crippen LogP contribution in [-0.4, -0.2) is 27.9 Å². The highest BCUT2D eigenvalue weighted by atomic mass is 32.2. The van der Waals surface area contributed by atoms with Gasteiger partial charge in [-0.1, -0.05) is 0 Å². The smallest absolute Gasteiger partial charge is 0.376 e. The van der Waals surface area contributed by atoms with Crippen LogP contribution < -0.4 is 8.37 Å².